The minimum atomic E-state index is -0.0609. The summed E-state index contributed by atoms with van der Waals surface area (Å²) in [5.41, 5.74) is 2.16. The number of methoxy groups -OCH3 is 1. The van der Waals surface area contributed by atoms with Crippen molar-refractivity contribution in [1.29, 1.82) is 0 Å². The summed E-state index contributed by atoms with van der Waals surface area (Å²) >= 11 is 0. The summed E-state index contributed by atoms with van der Waals surface area (Å²) in [6.07, 6.45) is 0.813. The zero-order valence-electron chi connectivity index (χ0n) is 19.4. The van der Waals surface area contributed by atoms with Crippen LogP contribution in [0.5, 0.6) is 11.5 Å². The Morgan fingerprint density at radius 1 is 1.18 bits per heavy atom. The maximum atomic E-state index is 12.0. The Labute approximate surface area is 212 Å². The fraction of sp³-hybridized carbons (Fsp3) is 0.417. The fourth-order valence-electron chi connectivity index (χ4n) is 3.25. The predicted octanol–water partition coefficient (Wildman–Crippen LogP) is 2.98. The van der Waals surface area contributed by atoms with Crippen LogP contribution in [-0.4, -0.2) is 64.3 Å². The van der Waals surface area contributed by atoms with Crippen LogP contribution in [0.4, 0.5) is 0 Å². The smallest absolute Gasteiger partial charge is 0.243 e. The van der Waals surface area contributed by atoms with Crippen LogP contribution in [0.2, 0.25) is 0 Å². The lowest BCUT2D eigenvalue weighted by Crippen LogP contribution is -2.43. The van der Waals surface area contributed by atoms with Gasteiger partial charge in [0.05, 0.1) is 33.0 Å². The van der Waals surface area contributed by atoms with Crippen molar-refractivity contribution in [3.05, 3.63) is 59.7 Å². The summed E-state index contributed by atoms with van der Waals surface area (Å²) in [4.78, 5) is 18.0. The minimum absolute atomic E-state index is 0. The number of hydrogen-bond acceptors (Lipinski definition) is 5. The minimum Gasteiger partial charge on any atom is -0.497 e. The Balaban J connectivity index is 0.00000385. The van der Waals surface area contributed by atoms with Gasteiger partial charge in [-0.05, 0) is 23.8 Å². The molecule has 0 bridgehead atoms. The molecule has 0 fully saturated rings. The van der Waals surface area contributed by atoms with Gasteiger partial charge < -0.3 is 29.7 Å². The van der Waals surface area contributed by atoms with Crippen molar-refractivity contribution in [2.45, 2.75) is 19.1 Å². The van der Waals surface area contributed by atoms with Crippen molar-refractivity contribution in [3.8, 4) is 11.5 Å². The third kappa shape index (κ3) is 8.39. The molecule has 33 heavy (non-hydrogen) atoms. The third-order valence-corrected chi connectivity index (χ3v) is 5.11. The Kier molecular flexibility index (Phi) is 11.2. The molecule has 2 N–H and O–H groups in total. The monoisotopic (exact) mass is 568 g/mol. The number of benzene rings is 2. The fourth-order valence-corrected chi connectivity index (χ4v) is 3.25. The van der Waals surface area contributed by atoms with Crippen LogP contribution >= 0.6 is 24.0 Å². The number of rotatable bonds is 9. The molecule has 1 heterocycles. The summed E-state index contributed by atoms with van der Waals surface area (Å²) in [7, 11) is 5.09. The van der Waals surface area contributed by atoms with Gasteiger partial charge in [0.1, 0.15) is 18.0 Å². The Hall–Kier alpha value is -2.53. The largest absolute Gasteiger partial charge is 0.497 e. The number of hydrogen-bond donors (Lipinski definition) is 2. The van der Waals surface area contributed by atoms with Gasteiger partial charge in [-0.25, -0.2) is 4.99 Å². The van der Waals surface area contributed by atoms with E-state index in [0.29, 0.717) is 32.3 Å². The second-order valence-corrected chi connectivity index (χ2v) is 7.65. The first-order valence-corrected chi connectivity index (χ1v) is 10.7. The zero-order chi connectivity index (χ0) is 22.8. The quantitative estimate of drug-likeness (QED) is 0.210. The van der Waals surface area contributed by atoms with Crippen LogP contribution in [-0.2, 0) is 16.1 Å². The second-order valence-electron chi connectivity index (χ2n) is 7.65. The Bertz CT molecular complexity index is 906. The van der Waals surface area contributed by atoms with Crippen molar-refractivity contribution >= 4 is 35.8 Å². The van der Waals surface area contributed by atoms with Gasteiger partial charge in [0, 0.05) is 32.6 Å². The Morgan fingerprint density at radius 3 is 2.67 bits per heavy atom. The number of fused-ring (bicyclic) bond motifs is 1. The van der Waals surface area contributed by atoms with Crippen LogP contribution in [0.15, 0.2) is 53.5 Å². The van der Waals surface area contributed by atoms with E-state index in [1.54, 1.807) is 21.2 Å². The summed E-state index contributed by atoms with van der Waals surface area (Å²) < 4.78 is 16.7. The highest BCUT2D eigenvalue weighted by Crippen LogP contribution is 2.31. The lowest BCUT2D eigenvalue weighted by atomic mass is 10.0. The van der Waals surface area contributed by atoms with Gasteiger partial charge in [0.25, 0.3) is 0 Å². The lowest BCUT2D eigenvalue weighted by molar-refractivity contribution is -0.127. The molecular formula is C24H33IN4O4. The average molecular weight is 568 g/mol. The molecule has 1 atom stereocenters. The van der Waals surface area contributed by atoms with Gasteiger partial charge in [-0.1, -0.05) is 30.3 Å². The molecule has 9 heteroatoms. The molecule has 0 spiro atoms. The highest BCUT2D eigenvalue weighted by molar-refractivity contribution is 14.0. The van der Waals surface area contributed by atoms with E-state index in [0.717, 1.165) is 29.0 Å². The first-order chi connectivity index (χ1) is 15.6. The number of amides is 1. The molecule has 2 aromatic rings. The first-order valence-electron chi connectivity index (χ1n) is 10.7. The van der Waals surface area contributed by atoms with E-state index in [-0.39, 0.29) is 42.5 Å². The van der Waals surface area contributed by atoms with Crippen molar-refractivity contribution in [1.82, 2.24) is 15.5 Å². The number of guanidine groups is 1. The van der Waals surface area contributed by atoms with Gasteiger partial charge in [-0.15, -0.1) is 24.0 Å². The number of aliphatic imine (C=N–C) groups is 1. The van der Waals surface area contributed by atoms with E-state index < -0.39 is 0 Å². The Morgan fingerprint density at radius 2 is 1.94 bits per heavy atom. The molecule has 180 valence electrons. The van der Waals surface area contributed by atoms with Gasteiger partial charge in [-0.3, -0.25) is 4.79 Å². The number of likely N-dealkylation sites (N-methyl/N-ethyl adjacent to an activating group) is 1. The van der Waals surface area contributed by atoms with Gasteiger partial charge in [0.2, 0.25) is 5.91 Å². The molecule has 1 amide bonds. The molecular weight excluding hydrogens is 535 g/mol. The van der Waals surface area contributed by atoms with Gasteiger partial charge in [0.15, 0.2) is 5.96 Å². The zero-order valence-corrected chi connectivity index (χ0v) is 21.7. The lowest BCUT2D eigenvalue weighted by Gasteiger charge is -2.28. The van der Waals surface area contributed by atoms with E-state index >= 15 is 0 Å². The molecule has 1 aliphatic heterocycles. The molecule has 0 aliphatic carbocycles. The number of ether oxygens (including phenoxy) is 3. The normalized spacial score (nSPS) is 14.9. The van der Waals surface area contributed by atoms with Crippen molar-refractivity contribution in [3.63, 3.8) is 0 Å². The van der Waals surface area contributed by atoms with Crippen molar-refractivity contribution < 1.29 is 19.0 Å². The molecule has 1 aliphatic rings. The van der Waals surface area contributed by atoms with Crippen LogP contribution in [0, 0.1) is 0 Å². The standard InChI is InChI=1S/C24H32N4O4.HI/c1-28(2)23(29)16-26-24(27-21-12-14-32-22-7-5-4-6-20(21)22)25-13-15-31-17-18-8-10-19(30-3)11-9-18;/h4-11,21H,12-17H2,1-3H3,(H2,25,26,27);1H. The summed E-state index contributed by atoms with van der Waals surface area (Å²) in [6, 6.07) is 15.8. The molecule has 2 aromatic carbocycles. The number of nitrogens with zero attached hydrogens (tertiary/aromatic N) is 2. The highest BCUT2D eigenvalue weighted by atomic mass is 127. The third-order valence-electron chi connectivity index (χ3n) is 5.11. The molecule has 0 saturated heterocycles. The summed E-state index contributed by atoms with van der Waals surface area (Å²) in [5, 5.41) is 6.73. The number of carbonyl (C=O) groups excluding carboxylic acids is 1. The maximum absolute atomic E-state index is 12.0. The van der Waals surface area contributed by atoms with Gasteiger partial charge >= 0.3 is 0 Å². The highest BCUT2D eigenvalue weighted by Gasteiger charge is 2.22. The number of halogens is 1. The summed E-state index contributed by atoms with van der Waals surface area (Å²) in [5.74, 6) is 2.22. The molecule has 8 nitrogen and oxygen atoms in total. The topological polar surface area (TPSA) is 84.4 Å². The summed E-state index contributed by atoms with van der Waals surface area (Å²) in [6.45, 7) is 2.27. The van der Waals surface area contributed by atoms with E-state index in [1.165, 1.54) is 4.90 Å². The second kappa shape index (κ2) is 13.9. The van der Waals surface area contributed by atoms with E-state index in [4.69, 9.17) is 14.2 Å². The van der Waals surface area contributed by atoms with Crippen molar-refractivity contribution in [2.75, 3.05) is 47.5 Å². The van der Waals surface area contributed by atoms with E-state index in [9.17, 15) is 4.79 Å². The maximum Gasteiger partial charge on any atom is 0.243 e. The SMILES string of the molecule is COc1ccc(COCCNC(=NCC(=O)N(C)C)NC2CCOc3ccccc32)cc1.I. The number of carbonyl (C=O) groups is 1. The molecule has 3 rings (SSSR count). The van der Waals surface area contributed by atoms with Crippen molar-refractivity contribution in [2.24, 2.45) is 4.99 Å². The van der Waals surface area contributed by atoms with Gasteiger partial charge in [-0.2, -0.15) is 0 Å². The number of para-hydroxylation sites is 1. The average Bonchev–Trinajstić information content (AvgIpc) is 2.82. The van der Waals surface area contributed by atoms with E-state index in [2.05, 4.69) is 15.6 Å². The molecule has 0 aromatic heterocycles. The molecule has 0 radical (unpaired) electrons. The van der Waals surface area contributed by atoms with Crippen LogP contribution in [0.25, 0.3) is 0 Å². The van der Waals surface area contributed by atoms with Crippen LogP contribution < -0.4 is 20.1 Å². The predicted molar refractivity (Wildman–Crippen MR) is 139 cm³/mol. The van der Waals surface area contributed by atoms with Crippen LogP contribution in [0.3, 0.4) is 0 Å². The molecule has 0 saturated carbocycles. The molecule has 1 unspecified atom stereocenters. The number of nitrogens with one attached hydrogen (secondary N) is 2. The van der Waals surface area contributed by atoms with E-state index in [1.807, 2.05) is 48.5 Å². The first kappa shape index (κ1) is 26.7. The van der Waals surface area contributed by atoms with Crippen LogP contribution in [0.1, 0.15) is 23.6 Å².